The van der Waals surface area contributed by atoms with Gasteiger partial charge in [-0.1, -0.05) is 18.2 Å². The fourth-order valence-corrected chi connectivity index (χ4v) is 2.61. The summed E-state index contributed by atoms with van der Waals surface area (Å²) in [7, 11) is 1.90. The van der Waals surface area contributed by atoms with Crippen LogP contribution in [0.3, 0.4) is 0 Å². The monoisotopic (exact) mass is 355 g/mol. The number of nitrogens with zero attached hydrogens (tertiary/aromatic N) is 1. The van der Waals surface area contributed by atoms with E-state index in [4.69, 9.17) is 4.42 Å². The Bertz CT molecular complexity index is 578. The number of nitrogens with one attached hydrogen (secondary N) is 2. The number of rotatable bonds is 9. The molecular formula is C16H22ClN3O2S. The van der Waals surface area contributed by atoms with Crippen molar-refractivity contribution in [1.82, 2.24) is 15.6 Å². The molecule has 2 N–H and O–H groups in total. The number of hydrogen-bond donors (Lipinski definition) is 2. The number of hydrogen-bond acceptors (Lipinski definition) is 5. The van der Waals surface area contributed by atoms with Crippen LogP contribution in [0.2, 0.25) is 0 Å². The zero-order valence-electron chi connectivity index (χ0n) is 13.1. The molecule has 23 heavy (non-hydrogen) atoms. The molecule has 0 aliphatic rings. The van der Waals surface area contributed by atoms with Crippen molar-refractivity contribution < 1.29 is 9.21 Å². The normalized spacial score (nSPS) is 10.1. The molecule has 1 amide bonds. The molecule has 0 saturated carbocycles. The predicted molar refractivity (Wildman–Crippen MR) is 96.9 cm³/mol. The third-order valence-electron chi connectivity index (χ3n) is 2.98. The van der Waals surface area contributed by atoms with E-state index >= 15 is 0 Å². The third kappa shape index (κ3) is 7.07. The van der Waals surface area contributed by atoms with Crippen LogP contribution in [0.5, 0.6) is 0 Å². The van der Waals surface area contributed by atoms with E-state index in [9.17, 15) is 4.79 Å². The van der Waals surface area contributed by atoms with Crippen LogP contribution in [0.4, 0.5) is 0 Å². The molecule has 2 rings (SSSR count). The fraction of sp³-hybridized carbons (Fsp3) is 0.375. The zero-order valence-corrected chi connectivity index (χ0v) is 14.7. The number of thioether (sulfide) groups is 1. The van der Waals surface area contributed by atoms with E-state index in [1.54, 1.807) is 6.26 Å². The summed E-state index contributed by atoms with van der Waals surface area (Å²) in [5.41, 5.74) is 1.81. The number of oxazole rings is 1. The molecule has 2 aromatic rings. The quantitative estimate of drug-likeness (QED) is 0.677. The summed E-state index contributed by atoms with van der Waals surface area (Å²) in [6, 6.07) is 9.78. The van der Waals surface area contributed by atoms with Crippen LogP contribution in [0.1, 0.15) is 12.1 Å². The first kappa shape index (κ1) is 19.5. The molecular weight excluding hydrogens is 334 g/mol. The Morgan fingerprint density at radius 2 is 2.04 bits per heavy atom. The van der Waals surface area contributed by atoms with Crippen LogP contribution in [-0.4, -0.2) is 36.8 Å². The van der Waals surface area contributed by atoms with Crippen LogP contribution in [0.15, 0.2) is 41.0 Å². The van der Waals surface area contributed by atoms with Gasteiger partial charge in [-0.2, -0.15) is 0 Å². The second-order valence-electron chi connectivity index (χ2n) is 4.81. The third-order valence-corrected chi connectivity index (χ3v) is 3.95. The molecule has 0 atom stereocenters. The van der Waals surface area contributed by atoms with E-state index in [0.717, 1.165) is 24.2 Å². The number of carbonyl (C=O) groups excluding carboxylic acids is 1. The maximum Gasteiger partial charge on any atom is 0.230 e. The van der Waals surface area contributed by atoms with Crippen LogP contribution >= 0.6 is 24.2 Å². The molecule has 7 heteroatoms. The molecule has 0 saturated heterocycles. The highest BCUT2D eigenvalue weighted by Crippen LogP contribution is 2.20. The molecule has 0 aliphatic carbocycles. The molecule has 126 valence electrons. The molecule has 0 radical (unpaired) electrons. The number of amides is 1. The van der Waals surface area contributed by atoms with Gasteiger partial charge < -0.3 is 15.1 Å². The standard InChI is InChI=1S/C16H21N3O2S.ClH/c1-17-8-5-9-18-15(20)12-22-11-14-10-21-16(19-14)13-6-3-2-4-7-13;/h2-4,6-7,10,17H,5,8-9,11-12H2,1H3,(H,18,20);1H. The molecule has 0 aliphatic heterocycles. The SMILES string of the molecule is CNCCCNC(=O)CSCc1coc(-c2ccccc2)n1.Cl. The second-order valence-corrected chi connectivity index (χ2v) is 5.80. The lowest BCUT2D eigenvalue weighted by atomic mass is 10.2. The minimum Gasteiger partial charge on any atom is -0.444 e. The highest BCUT2D eigenvalue weighted by atomic mass is 35.5. The van der Waals surface area contributed by atoms with Crippen LogP contribution in [0.25, 0.3) is 11.5 Å². The number of benzene rings is 1. The van der Waals surface area contributed by atoms with Crippen molar-refractivity contribution >= 4 is 30.1 Å². The van der Waals surface area contributed by atoms with Gasteiger partial charge in [-0.3, -0.25) is 4.79 Å². The van der Waals surface area contributed by atoms with E-state index in [2.05, 4.69) is 15.6 Å². The van der Waals surface area contributed by atoms with Crippen molar-refractivity contribution in [2.45, 2.75) is 12.2 Å². The first-order valence-electron chi connectivity index (χ1n) is 7.28. The Balaban J connectivity index is 0.00000264. The van der Waals surface area contributed by atoms with Crippen molar-refractivity contribution in [3.8, 4) is 11.5 Å². The van der Waals surface area contributed by atoms with E-state index in [1.807, 2.05) is 37.4 Å². The van der Waals surface area contributed by atoms with Gasteiger partial charge in [0.25, 0.3) is 0 Å². The Labute approximate surface area is 147 Å². The van der Waals surface area contributed by atoms with Crippen molar-refractivity contribution in [3.05, 3.63) is 42.3 Å². The van der Waals surface area contributed by atoms with E-state index in [0.29, 0.717) is 23.9 Å². The van der Waals surface area contributed by atoms with Crippen molar-refractivity contribution in [3.63, 3.8) is 0 Å². The molecule has 0 spiro atoms. The fourth-order valence-electron chi connectivity index (χ4n) is 1.88. The molecule has 0 fully saturated rings. The average Bonchev–Trinajstić information content (AvgIpc) is 3.01. The topological polar surface area (TPSA) is 67.2 Å². The number of halogens is 1. The minimum absolute atomic E-state index is 0. The van der Waals surface area contributed by atoms with Gasteiger partial charge in [0.05, 0.1) is 11.4 Å². The Morgan fingerprint density at radius 1 is 1.26 bits per heavy atom. The van der Waals surface area contributed by atoms with Crippen LogP contribution < -0.4 is 10.6 Å². The lowest BCUT2D eigenvalue weighted by molar-refractivity contribution is -0.118. The van der Waals surface area contributed by atoms with Gasteiger partial charge in [0, 0.05) is 17.9 Å². The second kappa shape index (κ2) is 11.1. The van der Waals surface area contributed by atoms with Crippen LogP contribution in [-0.2, 0) is 10.5 Å². The zero-order chi connectivity index (χ0) is 15.6. The summed E-state index contributed by atoms with van der Waals surface area (Å²) in [6.45, 7) is 1.62. The van der Waals surface area contributed by atoms with Crippen molar-refractivity contribution in [2.24, 2.45) is 0 Å². The Hall–Kier alpha value is -1.50. The van der Waals surface area contributed by atoms with E-state index in [1.165, 1.54) is 11.8 Å². The summed E-state index contributed by atoms with van der Waals surface area (Å²) in [4.78, 5) is 16.1. The molecule has 1 aromatic heterocycles. The van der Waals surface area contributed by atoms with Crippen LogP contribution in [0, 0.1) is 0 Å². The molecule has 0 bridgehead atoms. The van der Waals surface area contributed by atoms with Gasteiger partial charge in [0.1, 0.15) is 6.26 Å². The summed E-state index contributed by atoms with van der Waals surface area (Å²) in [5, 5.41) is 5.94. The maximum absolute atomic E-state index is 11.6. The highest BCUT2D eigenvalue weighted by molar-refractivity contribution is 7.99. The summed E-state index contributed by atoms with van der Waals surface area (Å²) < 4.78 is 5.47. The largest absolute Gasteiger partial charge is 0.444 e. The van der Waals surface area contributed by atoms with E-state index < -0.39 is 0 Å². The van der Waals surface area contributed by atoms with E-state index in [-0.39, 0.29) is 18.3 Å². The van der Waals surface area contributed by atoms with Gasteiger partial charge in [-0.05, 0) is 32.1 Å². The first-order chi connectivity index (χ1) is 10.8. The first-order valence-corrected chi connectivity index (χ1v) is 8.44. The average molecular weight is 356 g/mol. The lowest BCUT2D eigenvalue weighted by Crippen LogP contribution is -2.28. The summed E-state index contributed by atoms with van der Waals surface area (Å²) >= 11 is 1.54. The number of aromatic nitrogens is 1. The van der Waals surface area contributed by atoms with Crippen molar-refractivity contribution in [1.29, 1.82) is 0 Å². The Kier molecular flexibility index (Phi) is 9.43. The molecule has 1 aromatic carbocycles. The Morgan fingerprint density at radius 3 is 2.78 bits per heavy atom. The smallest absolute Gasteiger partial charge is 0.230 e. The number of carbonyl (C=O) groups is 1. The lowest BCUT2D eigenvalue weighted by Gasteiger charge is -2.04. The van der Waals surface area contributed by atoms with Crippen molar-refractivity contribution in [2.75, 3.05) is 25.9 Å². The van der Waals surface area contributed by atoms with Gasteiger partial charge in [-0.15, -0.1) is 24.2 Å². The van der Waals surface area contributed by atoms with Gasteiger partial charge in [0.15, 0.2) is 0 Å². The van der Waals surface area contributed by atoms with Gasteiger partial charge >= 0.3 is 0 Å². The molecule has 5 nitrogen and oxygen atoms in total. The predicted octanol–water partition coefficient (Wildman–Crippen LogP) is 2.72. The summed E-state index contributed by atoms with van der Waals surface area (Å²) in [5.74, 6) is 1.79. The maximum atomic E-state index is 11.6. The molecule has 1 heterocycles. The van der Waals surface area contributed by atoms with Gasteiger partial charge in [0.2, 0.25) is 11.8 Å². The van der Waals surface area contributed by atoms with Gasteiger partial charge in [-0.25, -0.2) is 4.98 Å². The minimum atomic E-state index is 0. The summed E-state index contributed by atoms with van der Waals surface area (Å²) in [6.07, 6.45) is 2.59. The molecule has 0 unspecified atom stereocenters. The highest BCUT2D eigenvalue weighted by Gasteiger charge is 2.07.